The van der Waals surface area contributed by atoms with E-state index < -0.39 is 0 Å². The fourth-order valence-corrected chi connectivity index (χ4v) is 2.34. The van der Waals surface area contributed by atoms with Gasteiger partial charge >= 0.3 is 0 Å². The molecule has 1 fully saturated rings. The molecule has 1 aliphatic rings. The molecule has 2 aromatic rings. The number of nitrogens with zero attached hydrogens (tertiary/aromatic N) is 2. The molecule has 1 aromatic heterocycles. The number of ether oxygens (including phenoxy) is 2. The van der Waals surface area contributed by atoms with Gasteiger partial charge in [-0.25, -0.2) is 4.98 Å². The summed E-state index contributed by atoms with van der Waals surface area (Å²) in [6.07, 6.45) is 7.33. The van der Waals surface area contributed by atoms with Crippen LogP contribution in [-0.2, 0) is 6.42 Å². The van der Waals surface area contributed by atoms with Crippen molar-refractivity contribution in [1.82, 2.24) is 9.55 Å². The van der Waals surface area contributed by atoms with Gasteiger partial charge in [-0.1, -0.05) is 6.07 Å². The predicted molar refractivity (Wildman–Crippen MR) is 72.9 cm³/mol. The Labute approximate surface area is 113 Å². The second-order valence-corrected chi connectivity index (χ2v) is 4.85. The van der Waals surface area contributed by atoms with Crippen molar-refractivity contribution in [2.75, 3.05) is 14.2 Å². The van der Waals surface area contributed by atoms with Crippen LogP contribution in [0.4, 0.5) is 0 Å². The lowest BCUT2D eigenvalue weighted by atomic mass is 10.1. The normalized spacial score (nSPS) is 14.4. The third-order valence-corrected chi connectivity index (χ3v) is 3.50. The van der Waals surface area contributed by atoms with Crippen molar-refractivity contribution >= 4 is 0 Å². The van der Waals surface area contributed by atoms with Crippen LogP contribution in [0.2, 0.25) is 0 Å². The number of rotatable bonds is 5. The second-order valence-electron chi connectivity index (χ2n) is 4.85. The Morgan fingerprint density at radius 2 is 2.00 bits per heavy atom. The molecule has 1 heterocycles. The smallest absolute Gasteiger partial charge is 0.161 e. The van der Waals surface area contributed by atoms with Gasteiger partial charge in [-0.2, -0.15) is 0 Å². The molecular formula is C15H18N2O2. The molecule has 0 unspecified atom stereocenters. The Morgan fingerprint density at radius 3 is 2.68 bits per heavy atom. The average molecular weight is 258 g/mol. The topological polar surface area (TPSA) is 36.3 Å². The molecule has 19 heavy (non-hydrogen) atoms. The van der Waals surface area contributed by atoms with Crippen LogP contribution in [0.25, 0.3) is 0 Å². The van der Waals surface area contributed by atoms with E-state index in [9.17, 15) is 0 Å². The van der Waals surface area contributed by atoms with Gasteiger partial charge < -0.3 is 14.0 Å². The summed E-state index contributed by atoms with van der Waals surface area (Å²) in [7, 11) is 3.31. The van der Waals surface area contributed by atoms with Gasteiger partial charge in [-0.05, 0) is 30.5 Å². The van der Waals surface area contributed by atoms with Crippen molar-refractivity contribution in [3.05, 3.63) is 42.0 Å². The van der Waals surface area contributed by atoms with Gasteiger partial charge in [0.2, 0.25) is 0 Å². The summed E-state index contributed by atoms with van der Waals surface area (Å²) in [6.45, 7) is 0. The maximum atomic E-state index is 5.33. The summed E-state index contributed by atoms with van der Waals surface area (Å²) in [6, 6.07) is 6.69. The molecule has 0 atom stereocenters. The lowest BCUT2D eigenvalue weighted by molar-refractivity contribution is 0.354. The fraction of sp³-hybridized carbons (Fsp3) is 0.400. The molecule has 0 saturated heterocycles. The number of aromatic nitrogens is 2. The van der Waals surface area contributed by atoms with Crippen LogP contribution < -0.4 is 9.47 Å². The Balaban J connectivity index is 1.84. The molecule has 4 heteroatoms. The van der Waals surface area contributed by atoms with Crippen LogP contribution in [0.3, 0.4) is 0 Å². The first-order chi connectivity index (χ1) is 9.31. The van der Waals surface area contributed by atoms with E-state index in [-0.39, 0.29) is 0 Å². The van der Waals surface area contributed by atoms with Crippen LogP contribution in [0, 0.1) is 0 Å². The van der Waals surface area contributed by atoms with Crippen molar-refractivity contribution in [2.45, 2.75) is 25.3 Å². The average Bonchev–Trinajstić information content (AvgIpc) is 3.19. The summed E-state index contributed by atoms with van der Waals surface area (Å²) in [5.41, 5.74) is 1.19. The molecule has 0 spiro atoms. The van der Waals surface area contributed by atoms with Crippen molar-refractivity contribution in [3.8, 4) is 11.5 Å². The van der Waals surface area contributed by atoms with Gasteiger partial charge in [0.1, 0.15) is 5.82 Å². The highest BCUT2D eigenvalue weighted by Crippen LogP contribution is 2.36. The van der Waals surface area contributed by atoms with E-state index in [4.69, 9.17) is 9.47 Å². The van der Waals surface area contributed by atoms with E-state index >= 15 is 0 Å². The summed E-state index contributed by atoms with van der Waals surface area (Å²) in [5.74, 6) is 2.65. The lowest BCUT2D eigenvalue weighted by Crippen LogP contribution is -2.02. The van der Waals surface area contributed by atoms with Crippen LogP contribution >= 0.6 is 0 Å². The molecule has 0 N–H and O–H groups in total. The van der Waals surface area contributed by atoms with Gasteiger partial charge in [0, 0.05) is 24.9 Å². The largest absolute Gasteiger partial charge is 0.493 e. The van der Waals surface area contributed by atoms with Gasteiger partial charge in [-0.3, -0.25) is 0 Å². The third kappa shape index (κ3) is 2.43. The first-order valence-corrected chi connectivity index (χ1v) is 6.54. The van der Waals surface area contributed by atoms with Crippen LogP contribution in [-0.4, -0.2) is 23.8 Å². The summed E-state index contributed by atoms with van der Waals surface area (Å²) >= 11 is 0. The highest BCUT2D eigenvalue weighted by Gasteiger charge is 2.25. The van der Waals surface area contributed by atoms with E-state index in [2.05, 4.69) is 21.8 Å². The molecule has 4 nitrogen and oxygen atoms in total. The minimum Gasteiger partial charge on any atom is -0.493 e. The number of hydrogen-bond acceptors (Lipinski definition) is 3. The SMILES string of the molecule is COc1ccc(Cc2nccn2C2CC2)cc1OC. The molecule has 100 valence electrons. The molecule has 3 rings (SSSR count). The van der Waals surface area contributed by atoms with E-state index in [0.717, 1.165) is 23.7 Å². The van der Waals surface area contributed by atoms with E-state index in [1.165, 1.54) is 18.4 Å². The Bertz CT molecular complexity index is 573. The van der Waals surface area contributed by atoms with Crippen LogP contribution in [0.15, 0.2) is 30.6 Å². The Hall–Kier alpha value is -1.97. The molecule has 0 bridgehead atoms. The molecule has 1 aliphatic carbocycles. The quantitative estimate of drug-likeness (QED) is 0.827. The van der Waals surface area contributed by atoms with E-state index in [1.54, 1.807) is 14.2 Å². The number of imidazole rings is 1. The van der Waals surface area contributed by atoms with Gasteiger partial charge in [0.15, 0.2) is 11.5 Å². The van der Waals surface area contributed by atoms with E-state index in [0.29, 0.717) is 6.04 Å². The summed E-state index contributed by atoms with van der Waals surface area (Å²) < 4.78 is 12.9. The maximum Gasteiger partial charge on any atom is 0.161 e. The van der Waals surface area contributed by atoms with Crippen molar-refractivity contribution in [3.63, 3.8) is 0 Å². The van der Waals surface area contributed by atoms with Crippen molar-refractivity contribution in [1.29, 1.82) is 0 Å². The lowest BCUT2D eigenvalue weighted by Gasteiger charge is -2.10. The first-order valence-electron chi connectivity index (χ1n) is 6.54. The Kier molecular flexibility index (Phi) is 3.15. The van der Waals surface area contributed by atoms with Crippen LogP contribution in [0.5, 0.6) is 11.5 Å². The highest BCUT2D eigenvalue weighted by atomic mass is 16.5. The molecular weight excluding hydrogens is 240 g/mol. The Morgan fingerprint density at radius 1 is 1.21 bits per heavy atom. The fourth-order valence-electron chi connectivity index (χ4n) is 2.34. The number of benzene rings is 1. The first kappa shape index (κ1) is 12.1. The molecule has 1 aromatic carbocycles. The maximum absolute atomic E-state index is 5.33. The minimum absolute atomic E-state index is 0.664. The van der Waals surface area contributed by atoms with Crippen LogP contribution in [0.1, 0.15) is 30.3 Å². The second kappa shape index (κ2) is 4.96. The minimum atomic E-state index is 0.664. The summed E-state index contributed by atoms with van der Waals surface area (Å²) in [5, 5.41) is 0. The molecule has 0 radical (unpaired) electrons. The zero-order valence-electron chi connectivity index (χ0n) is 11.3. The molecule has 0 amide bonds. The van der Waals surface area contributed by atoms with Crippen molar-refractivity contribution < 1.29 is 9.47 Å². The van der Waals surface area contributed by atoms with Gasteiger partial charge in [0.05, 0.1) is 14.2 Å². The molecule has 1 saturated carbocycles. The van der Waals surface area contributed by atoms with Gasteiger partial charge in [0.25, 0.3) is 0 Å². The predicted octanol–water partition coefficient (Wildman–Crippen LogP) is 2.83. The highest BCUT2D eigenvalue weighted by molar-refractivity contribution is 5.43. The zero-order valence-corrected chi connectivity index (χ0v) is 11.3. The van der Waals surface area contributed by atoms with E-state index in [1.807, 2.05) is 18.3 Å². The summed E-state index contributed by atoms with van der Waals surface area (Å²) in [4.78, 5) is 4.46. The van der Waals surface area contributed by atoms with Crippen molar-refractivity contribution in [2.24, 2.45) is 0 Å². The van der Waals surface area contributed by atoms with Gasteiger partial charge in [-0.15, -0.1) is 0 Å². The monoisotopic (exact) mass is 258 g/mol. The zero-order chi connectivity index (χ0) is 13.2. The standard InChI is InChI=1S/C15H18N2O2/c1-18-13-6-3-11(9-14(13)19-2)10-15-16-7-8-17(15)12-4-5-12/h3,6-9,12H,4-5,10H2,1-2H3. The number of hydrogen-bond donors (Lipinski definition) is 0. The third-order valence-electron chi connectivity index (χ3n) is 3.50. The number of methoxy groups -OCH3 is 2. The molecule has 0 aliphatic heterocycles.